The van der Waals surface area contributed by atoms with Crippen LogP contribution >= 0.6 is 11.3 Å². The van der Waals surface area contributed by atoms with Crippen molar-refractivity contribution in [1.29, 1.82) is 0 Å². The van der Waals surface area contributed by atoms with Crippen molar-refractivity contribution >= 4 is 34.1 Å². The van der Waals surface area contributed by atoms with Crippen molar-refractivity contribution in [2.24, 2.45) is 4.99 Å². The molecule has 0 bridgehead atoms. The number of carbonyl (C=O) groups excluding carboxylic acids is 1. The fourth-order valence-electron chi connectivity index (χ4n) is 3.59. The van der Waals surface area contributed by atoms with Crippen molar-refractivity contribution < 1.29 is 9.72 Å². The summed E-state index contributed by atoms with van der Waals surface area (Å²) < 4.78 is 0. The molecule has 1 aromatic heterocycles. The maximum atomic E-state index is 13.1. The molecule has 6 nitrogen and oxygen atoms in total. The Bertz CT molecular complexity index is 1110. The summed E-state index contributed by atoms with van der Waals surface area (Å²) in [5.74, 6) is -0.121. The third kappa shape index (κ3) is 4.46. The average Bonchev–Trinajstić information content (AvgIpc) is 3.15. The van der Waals surface area contributed by atoms with Crippen molar-refractivity contribution in [1.82, 2.24) is 5.32 Å². The first-order chi connectivity index (χ1) is 14.6. The van der Waals surface area contributed by atoms with Crippen LogP contribution in [0.25, 0.3) is 0 Å². The lowest BCUT2D eigenvalue weighted by Gasteiger charge is -2.12. The largest absolute Gasteiger partial charge is 0.348 e. The lowest BCUT2D eigenvalue weighted by molar-refractivity contribution is -0.384. The SMILES string of the molecule is O=C(NCc1ccccc1)c1c(/N=C\c2cccc([N+](=O)[O-])c2)sc2c1CCCC2. The molecule has 30 heavy (non-hydrogen) atoms. The van der Waals surface area contributed by atoms with E-state index in [9.17, 15) is 14.9 Å². The minimum atomic E-state index is -0.427. The third-order valence-corrected chi connectivity index (χ3v) is 6.29. The number of nitrogens with one attached hydrogen (secondary N) is 1. The second-order valence-corrected chi connectivity index (χ2v) is 8.25. The van der Waals surface area contributed by atoms with E-state index in [4.69, 9.17) is 0 Å². The molecule has 0 spiro atoms. The third-order valence-electron chi connectivity index (χ3n) is 5.09. The van der Waals surface area contributed by atoms with Crippen molar-refractivity contribution in [3.05, 3.63) is 91.8 Å². The zero-order valence-electron chi connectivity index (χ0n) is 16.3. The molecule has 3 aromatic rings. The minimum Gasteiger partial charge on any atom is -0.348 e. The van der Waals surface area contributed by atoms with Crippen LogP contribution in [-0.4, -0.2) is 17.0 Å². The topological polar surface area (TPSA) is 84.6 Å². The summed E-state index contributed by atoms with van der Waals surface area (Å²) in [6.45, 7) is 0.457. The summed E-state index contributed by atoms with van der Waals surface area (Å²) >= 11 is 1.55. The summed E-state index contributed by atoms with van der Waals surface area (Å²) in [6.07, 6.45) is 5.62. The lowest BCUT2D eigenvalue weighted by Crippen LogP contribution is -2.24. The van der Waals surface area contributed by atoms with Crippen molar-refractivity contribution in [2.45, 2.75) is 32.2 Å². The van der Waals surface area contributed by atoms with Gasteiger partial charge in [-0.2, -0.15) is 0 Å². The van der Waals surface area contributed by atoms with Crippen molar-refractivity contribution in [3.63, 3.8) is 0 Å². The number of aliphatic imine (C=N–C) groups is 1. The van der Waals surface area contributed by atoms with Gasteiger partial charge in [0.2, 0.25) is 0 Å². The Morgan fingerprint density at radius 3 is 2.73 bits per heavy atom. The smallest absolute Gasteiger partial charge is 0.270 e. The fourth-order valence-corrected chi connectivity index (χ4v) is 4.83. The number of nitrogens with zero attached hydrogens (tertiary/aromatic N) is 2. The van der Waals surface area contributed by atoms with Gasteiger partial charge in [0, 0.05) is 29.8 Å². The number of hydrogen-bond donors (Lipinski definition) is 1. The standard InChI is InChI=1S/C23H21N3O3S/c27-22(24-14-16-7-2-1-3-8-16)21-19-11-4-5-12-20(19)30-23(21)25-15-17-9-6-10-18(13-17)26(28)29/h1-3,6-10,13,15H,4-5,11-12,14H2,(H,24,27)/b25-15-. The van der Waals surface area contributed by atoms with Crippen LogP contribution in [0.1, 0.15) is 44.8 Å². The van der Waals surface area contributed by atoms with Gasteiger partial charge in [-0.25, -0.2) is 4.99 Å². The van der Waals surface area contributed by atoms with Gasteiger partial charge in [-0.3, -0.25) is 14.9 Å². The Morgan fingerprint density at radius 1 is 1.13 bits per heavy atom. The molecule has 1 aliphatic carbocycles. The molecule has 0 atom stereocenters. The van der Waals surface area contributed by atoms with Gasteiger partial charge in [0.25, 0.3) is 11.6 Å². The molecule has 0 unspecified atom stereocenters. The molecule has 0 radical (unpaired) electrons. The van der Waals surface area contributed by atoms with Crippen LogP contribution in [0, 0.1) is 10.1 Å². The number of benzene rings is 2. The van der Waals surface area contributed by atoms with E-state index in [1.165, 1.54) is 17.0 Å². The summed E-state index contributed by atoms with van der Waals surface area (Å²) in [5.41, 5.74) is 3.43. The maximum Gasteiger partial charge on any atom is 0.270 e. The van der Waals surface area contributed by atoms with Crippen LogP contribution in [0.2, 0.25) is 0 Å². The Balaban J connectivity index is 1.61. The average molecular weight is 420 g/mol. The molecule has 2 aromatic carbocycles. The number of aryl methyl sites for hydroxylation is 1. The second kappa shape index (κ2) is 9.00. The predicted molar refractivity (Wildman–Crippen MR) is 119 cm³/mol. The number of nitro groups is 1. The maximum absolute atomic E-state index is 13.1. The van der Waals surface area contributed by atoms with Crippen LogP contribution in [0.5, 0.6) is 0 Å². The molecule has 0 saturated heterocycles. The normalized spacial score (nSPS) is 13.2. The van der Waals surface area contributed by atoms with Gasteiger partial charge in [0.05, 0.1) is 10.5 Å². The van der Waals surface area contributed by atoms with Crippen LogP contribution < -0.4 is 5.32 Å². The highest BCUT2D eigenvalue weighted by Crippen LogP contribution is 2.39. The quantitative estimate of drug-likeness (QED) is 0.338. The molecule has 0 aliphatic heterocycles. The molecular weight excluding hydrogens is 398 g/mol. The molecular formula is C23H21N3O3S. The molecule has 1 aliphatic rings. The van der Waals surface area contributed by atoms with Gasteiger partial charge in [-0.15, -0.1) is 11.3 Å². The number of non-ortho nitro benzene ring substituents is 1. The number of rotatable bonds is 6. The Morgan fingerprint density at radius 2 is 1.93 bits per heavy atom. The number of amides is 1. The predicted octanol–water partition coefficient (Wildman–Crippen LogP) is 5.22. The Hall–Kier alpha value is -3.32. The number of hydrogen-bond acceptors (Lipinski definition) is 5. The zero-order valence-corrected chi connectivity index (χ0v) is 17.2. The van der Waals surface area contributed by atoms with Gasteiger partial charge in [-0.05, 0) is 42.4 Å². The number of carbonyl (C=O) groups is 1. The highest BCUT2D eigenvalue weighted by Gasteiger charge is 2.25. The minimum absolute atomic E-state index is 0.0188. The molecule has 7 heteroatoms. The molecule has 1 heterocycles. The van der Waals surface area contributed by atoms with E-state index in [1.54, 1.807) is 29.7 Å². The van der Waals surface area contributed by atoms with Crippen molar-refractivity contribution in [2.75, 3.05) is 0 Å². The van der Waals surface area contributed by atoms with Gasteiger partial charge in [0.1, 0.15) is 5.00 Å². The van der Waals surface area contributed by atoms with Gasteiger partial charge < -0.3 is 5.32 Å². The number of thiophene rings is 1. The Labute approximate surface area is 178 Å². The first kappa shape index (κ1) is 20.0. The highest BCUT2D eigenvalue weighted by atomic mass is 32.1. The van der Waals surface area contributed by atoms with Crippen LogP contribution in [0.3, 0.4) is 0 Å². The summed E-state index contributed by atoms with van der Waals surface area (Å²) in [6, 6.07) is 16.1. The highest BCUT2D eigenvalue weighted by molar-refractivity contribution is 7.16. The van der Waals surface area contributed by atoms with E-state index >= 15 is 0 Å². The van der Waals surface area contributed by atoms with Crippen LogP contribution in [0.15, 0.2) is 59.6 Å². The van der Waals surface area contributed by atoms with E-state index in [-0.39, 0.29) is 11.6 Å². The summed E-state index contributed by atoms with van der Waals surface area (Å²) in [7, 11) is 0. The van der Waals surface area contributed by atoms with E-state index in [2.05, 4.69) is 10.3 Å². The monoisotopic (exact) mass is 419 g/mol. The summed E-state index contributed by atoms with van der Waals surface area (Å²) in [5, 5.41) is 14.7. The molecule has 0 fully saturated rings. The number of fused-ring (bicyclic) bond motifs is 1. The molecule has 1 amide bonds. The van der Waals surface area contributed by atoms with E-state index in [0.717, 1.165) is 36.8 Å². The first-order valence-corrected chi connectivity index (χ1v) is 10.7. The van der Waals surface area contributed by atoms with E-state index < -0.39 is 4.92 Å². The van der Waals surface area contributed by atoms with Crippen LogP contribution in [0.4, 0.5) is 10.7 Å². The van der Waals surface area contributed by atoms with Crippen molar-refractivity contribution in [3.8, 4) is 0 Å². The molecule has 1 N–H and O–H groups in total. The molecule has 4 rings (SSSR count). The fraction of sp³-hybridized carbons (Fsp3) is 0.217. The second-order valence-electron chi connectivity index (χ2n) is 7.17. The van der Waals surface area contributed by atoms with E-state index in [1.807, 2.05) is 30.3 Å². The lowest BCUT2D eigenvalue weighted by atomic mass is 9.95. The number of nitro benzene ring substituents is 1. The molecule has 152 valence electrons. The first-order valence-electron chi connectivity index (χ1n) is 9.87. The van der Waals surface area contributed by atoms with Gasteiger partial charge in [-0.1, -0.05) is 42.5 Å². The zero-order chi connectivity index (χ0) is 20.9. The van der Waals surface area contributed by atoms with Gasteiger partial charge in [0.15, 0.2) is 0 Å². The van der Waals surface area contributed by atoms with E-state index in [0.29, 0.717) is 22.7 Å². The van der Waals surface area contributed by atoms with Crippen LogP contribution in [-0.2, 0) is 19.4 Å². The summed E-state index contributed by atoms with van der Waals surface area (Å²) in [4.78, 5) is 29.4. The van der Waals surface area contributed by atoms with Gasteiger partial charge >= 0.3 is 0 Å². The Kier molecular flexibility index (Phi) is 5.99. The molecule has 0 saturated carbocycles.